The minimum atomic E-state index is 0.871. The molecule has 20 heavy (non-hydrogen) atoms. The Morgan fingerprint density at radius 1 is 1.25 bits per heavy atom. The van der Waals surface area contributed by atoms with Crippen molar-refractivity contribution in [1.29, 1.82) is 0 Å². The lowest BCUT2D eigenvalue weighted by Crippen LogP contribution is -2.10. The molecule has 0 saturated heterocycles. The smallest absolute Gasteiger partial charge is 0.125 e. The van der Waals surface area contributed by atoms with Gasteiger partial charge >= 0.3 is 0 Å². The summed E-state index contributed by atoms with van der Waals surface area (Å²) in [6.07, 6.45) is 3.77. The van der Waals surface area contributed by atoms with Crippen LogP contribution in [0.3, 0.4) is 0 Å². The van der Waals surface area contributed by atoms with E-state index >= 15 is 0 Å². The van der Waals surface area contributed by atoms with Gasteiger partial charge in [-0.15, -0.1) is 11.3 Å². The van der Waals surface area contributed by atoms with Gasteiger partial charge in [-0.1, -0.05) is 28.9 Å². The van der Waals surface area contributed by atoms with Crippen LogP contribution in [0, 0.1) is 0 Å². The van der Waals surface area contributed by atoms with E-state index in [0.717, 1.165) is 39.0 Å². The lowest BCUT2D eigenvalue weighted by atomic mass is 10.1. The molecule has 0 aliphatic heterocycles. The first kappa shape index (κ1) is 13.7. The third-order valence-corrected chi connectivity index (χ3v) is 4.77. The molecule has 0 unspecified atom stereocenters. The Kier molecular flexibility index (Phi) is 4.10. The summed E-state index contributed by atoms with van der Waals surface area (Å²) in [4.78, 5) is 10.3. The second-order valence-electron chi connectivity index (χ2n) is 4.41. The van der Waals surface area contributed by atoms with Crippen LogP contribution in [-0.4, -0.2) is 16.5 Å². The highest BCUT2D eigenvalue weighted by Crippen LogP contribution is 2.33. The first-order valence-electron chi connectivity index (χ1n) is 6.48. The van der Waals surface area contributed by atoms with Crippen LogP contribution in [-0.2, 0) is 6.54 Å². The molecule has 3 aromatic rings. The molecule has 0 spiro atoms. The summed E-state index contributed by atoms with van der Waals surface area (Å²) in [5.74, 6) is 0. The molecule has 0 atom stereocenters. The molecular weight excluding hydrogens is 334 g/mol. The summed E-state index contributed by atoms with van der Waals surface area (Å²) >= 11 is 5.29. The average molecular weight is 348 g/mol. The van der Waals surface area contributed by atoms with Crippen molar-refractivity contribution in [2.24, 2.45) is 0 Å². The summed E-state index contributed by atoms with van der Waals surface area (Å²) in [6, 6.07) is 8.17. The Morgan fingerprint density at radius 3 is 3.00 bits per heavy atom. The molecule has 1 N–H and O–H groups in total. The van der Waals surface area contributed by atoms with Crippen LogP contribution in [0.2, 0.25) is 0 Å². The molecule has 0 aliphatic carbocycles. The van der Waals surface area contributed by atoms with E-state index in [1.807, 2.05) is 18.5 Å². The minimum absolute atomic E-state index is 0.871. The van der Waals surface area contributed by atoms with Crippen molar-refractivity contribution < 1.29 is 0 Å². The summed E-state index contributed by atoms with van der Waals surface area (Å²) < 4.78 is 1.06. The molecule has 5 heteroatoms. The molecule has 0 amide bonds. The largest absolute Gasteiger partial charge is 0.312 e. The zero-order valence-corrected chi connectivity index (χ0v) is 13.5. The van der Waals surface area contributed by atoms with Crippen LogP contribution in [0.25, 0.3) is 21.5 Å². The van der Waals surface area contributed by atoms with Crippen molar-refractivity contribution in [3.8, 4) is 10.6 Å². The molecule has 0 radical (unpaired) electrons. The van der Waals surface area contributed by atoms with Crippen LogP contribution in [0.15, 0.2) is 41.1 Å². The molecule has 102 valence electrons. The van der Waals surface area contributed by atoms with Crippen molar-refractivity contribution in [3.05, 3.63) is 46.0 Å². The Hall–Kier alpha value is -1.30. The van der Waals surface area contributed by atoms with Crippen LogP contribution in [0.5, 0.6) is 0 Å². The number of hydrogen-bond donors (Lipinski definition) is 1. The van der Waals surface area contributed by atoms with Crippen molar-refractivity contribution in [2.45, 2.75) is 13.5 Å². The number of nitrogens with zero attached hydrogens (tertiary/aromatic N) is 2. The summed E-state index contributed by atoms with van der Waals surface area (Å²) in [5.41, 5.74) is 2.09. The maximum absolute atomic E-state index is 4.54. The van der Waals surface area contributed by atoms with Gasteiger partial charge in [-0.2, -0.15) is 0 Å². The molecule has 0 bridgehead atoms. The van der Waals surface area contributed by atoms with Gasteiger partial charge in [0.2, 0.25) is 0 Å². The number of thiazole rings is 1. The van der Waals surface area contributed by atoms with Crippen molar-refractivity contribution in [3.63, 3.8) is 0 Å². The fourth-order valence-corrected chi connectivity index (χ4v) is 3.43. The quantitative estimate of drug-likeness (QED) is 0.767. The monoisotopic (exact) mass is 347 g/mol. The topological polar surface area (TPSA) is 37.8 Å². The number of nitrogens with one attached hydrogen (secondary N) is 1. The van der Waals surface area contributed by atoms with E-state index in [9.17, 15) is 0 Å². The Balaban J connectivity index is 2.06. The molecule has 1 aromatic carbocycles. The number of fused-ring (bicyclic) bond motifs is 1. The molecule has 2 aromatic heterocycles. The van der Waals surface area contributed by atoms with E-state index in [0.29, 0.717) is 0 Å². The number of pyridine rings is 1. The van der Waals surface area contributed by atoms with Gasteiger partial charge in [0.05, 0.1) is 5.52 Å². The van der Waals surface area contributed by atoms with E-state index < -0.39 is 0 Å². The predicted molar refractivity (Wildman–Crippen MR) is 87.9 cm³/mol. The van der Waals surface area contributed by atoms with E-state index in [1.54, 1.807) is 11.3 Å². The van der Waals surface area contributed by atoms with Gasteiger partial charge in [0, 0.05) is 39.2 Å². The normalized spacial score (nSPS) is 11.1. The molecule has 0 aliphatic rings. The molecule has 2 heterocycles. The fraction of sp³-hybridized carbons (Fsp3) is 0.200. The number of rotatable bonds is 4. The zero-order chi connectivity index (χ0) is 13.9. The Morgan fingerprint density at radius 2 is 2.15 bits per heavy atom. The number of aromatic nitrogens is 2. The first-order chi connectivity index (χ1) is 9.79. The second kappa shape index (κ2) is 5.99. The Bertz CT molecular complexity index is 739. The van der Waals surface area contributed by atoms with Crippen molar-refractivity contribution in [1.82, 2.24) is 15.3 Å². The van der Waals surface area contributed by atoms with Crippen molar-refractivity contribution in [2.75, 3.05) is 6.54 Å². The van der Waals surface area contributed by atoms with Gasteiger partial charge in [0.1, 0.15) is 5.01 Å². The van der Waals surface area contributed by atoms with Gasteiger partial charge in [0.25, 0.3) is 0 Å². The van der Waals surface area contributed by atoms with Gasteiger partial charge < -0.3 is 5.32 Å². The van der Waals surface area contributed by atoms with E-state index in [-0.39, 0.29) is 0 Å². The lowest BCUT2D eigenvalue weighted by Gasteiger charge is -2.04. The van der Waals surface area contributed by atoms with Gasteiger partial charge in [-0.3, -0.25) is 4.98 Å². The average Bonchev–Trinajstić information content (AvgIpc) is 2.94. The van der Waals surface area contributed by atoms with Crippen LogP contribution >= 0.6 is 27.3 Å². The van der Waals surface area contributed by atoms with Crippen LogP contribution in [0.4, 0.5) is 0 Å². The number of benzene rings is 1. The highest BCUT2D eigenvalue weighted by atomic mass is 79.9. The highest BCUT2D eigenvalue weighted by molar-refractivity contribution is 9.10. The van der Waals surface area contributed by atoms with Gasteiger partial charge in [-0.25, -0.2) is 4.98 Å². The maximum atomic E-state index is 4.54. The highest BCUT2D eigenvalue weighted by Gasteiger charge is 2.11. The minimum Gasteiger partial charge on any atom is -0.312 e. The molecule has 0 saturated carbocycles. The van der Waals surface area contributed by atoms with E-state index in [4.69, 9.17) is 0 Å². The molecule has 3 nitrogen and oxygen atoms in total. The van der Waals surface area contributed by atoms with E-state index in [1.165, 1.54) is 4.88 Å². The summed E-state index contributed by atoms with van der Waals surface area (Å²) in [6.45, 7) is 3.94. The van der Waals surface area contributed by atoms with Gasteiger partial charge in [0.15, 0.2) is 0 Å². The SMILES string of the molecule is CCNCc1cnc(-c2ccc(Br)c3cccnc23)s1. The zero-order valence-electron chi connectivity index (χ0n) is 11.1. The standard InChI is InChI=1S/C15H14BrN3S/c1-2-17-8-10-9-19-15(20-10)12-5-6-13(16)11-4-3-7-18-14(11)12/h3-7,9,17H,2,8H2,1H3. The molecule has 3 rings (SSSR count). The lowest BCUT2D eigenvalue weighted by molar-refractivity contribution is 0.734. The number of halogens is 1. The maximum Gasteiger partial charge on any atom is 0.125 e. The summed E-state index contributed by atoms with van der Waals surface area (Å²) in [7, 11) is 0. The third-order valence-electron chi connectivity index (χ3n) is 3.05. The fourth-order valence-electron chi connectivity index (χ4n) is 2.07. The summed E-state index contributed by atoms with van der Waals surface area (Å²) in [5, 5.41) is 5.46. The second-order valence-corrected chi connectivity index (χ2v) is 6.38. The first-order valence-corrected chi connectivity index (χ1v) is 8.09. The molecule has 0 fully saturated rings. The third kappa shape index (κ3) is 2.61. The predicted octanol–water partition coefficient (Wildman–Crippen LogP) is 4.23. The number of hydrogen-bond acceptors (Lipinski definition) is 4. The van der Waals surface area contributed by atoms with Crippen LogP contribution in [0.1, 0.15) is 11.8 Å². The molecular formula is C15H14BrN3S. The van der Waals surface area contributed by atoms with Crippen LogP contribution < -0.4 is 5.32 Å². The Labute approximate surface area is 130 Å². The van der Waals surface area contributed by atoms with Gasteiger partial charge in [-0.05, 0) is 24.7 Å². The van der Waals surface area contributed by atoms with Crippen molar-refractivity contribution >= 4 is 38.2 Å². The van der Waals surface area contributed by atoms with E-state index in [2.05, 4.69) is 56.3 Å².